The van der Waals surface area contributed by atoms with Crippen LogP contribution in [0, 0.1) is 11.8 Å². The second kappa shape index (κ2) is 9.09. The minimum Gasteiger partial charge on any atom is -0.479 e. The third kappa shape index (κ3) is 4.48. The van der Waals surface area contributed by atoms with E-state index in [-0.39, 0.29) is 42.0 Å². The summed E-state index contributed by atoms with van der Waals surface area (Å²) in [5.74, 6) is -1.28. The van der Waals surface area contributed by atoms with Gasteiger partial charge in [-0.2, -0.15) is 0 Å². The average Bonchev–Trinajstić information content (AvgIpc) is 3.63. The van der Waals surface area contributed by atoms with Crippen molar-refractivity contribution in [1.29, 1.82) is 0 Å². The highest BCUT2D eigenvalue weighted by atomic mass is 16.5. The number of fused-ring (bicyclic) bond motifs is 1. The number of alkyl carbamates (subject to hydrolysis) is 1. The smallest absolute Gasteiger partial charge is 0.407 e. The molecule has 0 spiro atoms. The Balaban J connectivity index is 1.72. The highest BCUT2D eigenvalue weighted by Gasteiger charge is 2.49. The Bertz CT molecular complexity index is 1070. The van der Waals surface area contributed by atoms with Gasteiger partial charge in [0.15, 0.2) is 5.69 Å². The van der Waals surface area contributed by atoms with E-state index >= 15 is 0 Å². The molecule has 33 heavy (non-hydrogen) atoms. The monoisotopic (exact) mass is 453 g/mol. The van der Waals surface area contributed by atoms with Crippen LogP contribution in [0.3, 0.4) is 0 Å². The van der Waals surface area contributed by atoms with Crippen LogP contribution in [0.1, 0.15) is 54.3 Å². The van der Waals surface area contributed by atoms with Crippen molar-refractivity contribution in [1.82, 2.24) is 10.3 Å². The second-order valence-corrected chi connectivity index (χ2v) is 8.52. The summed E-state index contributed by atoms with van der Waals surface area (Å²) < 4.78 is 10.8. The molecule has 2 aromatic rings. The van der Waals surface area contributed by atoms with Crippen LogP contribution in [0.5, 0.6) is 5.88 Å². The summed E-state index contributed by atoms with van der Waals surface area (Å²) in [6.45, 7) is 3.53. The van der Waals surface area contributed by atoms with Crippen molar-refractivity contribution in [2.75, 3.05) is 12.0 Å². The molecule has 0 bridgehead atoms. The zero-order chi connectivity index (χ0) is 23.7. The first-order chi connectivity index (χ1) is 15.8. The quantitative estimate of drug-likeness (QED) is 0.687. The molecule has 2 aliphatic rings. The molecule has 1 aromatic carbocycles. The van der Waals surface area contributed by atoms with Crippen molar-refractivity contribution in [2.24, 2.45) is 11.8 Å². The van der Waals surface area contributed by atoms with Gasteiger partial charge < -0.3 is 24.8 Å². The molecule has 3 unspecified atom stereocenters. The normalized spacial score (nSPS) is 21.7. The Labute approximate surface area is 191 Å². The molecular formula is C24H27N3O6. The number of aromatic nitrogens is 1. The summed E-state index contributed by atoms with van der Waals surface area (Å²) in [4.78, 5) is 43.0. The number of carboxylic acids is 1. The van der Waals surface area contributed by atoms with Gasteiger partial charge in [0.25, 0.3) is 0 Å². The van der Waals surface area contributed by atoms with Gasteiger partial charge in [-0.05, 0) is 30.4 Å². The van der Waals surface area contributed by atoms with E-state index in [1.165, 1.54) is 20.1 Å². The van der Waals surface area contributed by atoms with E-state index in [1.807, 2.05) is 37.3 Å². The molecule has 1 aromatic heterocycles. The van der Waals surface area contributed by atoms with Gasteiger partial charge in [-0.25, -0.2) is 14.6 Å². The van der Waals surface area contributed by atoms with Crippen molar-refractivity contribution < 1.29 is 29.0 Å². The predicted molar refractivity (Wildman–Crippen MR) is 119 cm³/mol. The van der Waals surface area contributed by atoms with Crippen molar-refractivity contribution in [3.05, 3.63) is 53.2 Å². The summed E-state index contributed by atoms with van der Waals surface area (Å²) >= 11 is 0. The molecule has 1 aliphatic carbocycles. The third-order valence-corrected chi connectivity index (χ3v) is 6.27. The van der Waals surface area contributed by atoms with Crippen molar-refractivity contribution in [3.8, 4) is 5.88 Å². The van der Waals surface area contributed by atoms with Gasteiger partial charge in [0.2, 0.25) is 11.8 Å². The number of methoxy groups -OCH3 is 1. The van der Waals surface area contributed by atoms with Crippen LogP contribution in [0.2, 0.25) is 0 Å². The molecule has 9 heteroatoms. The number of rotatable bonds is 6. The number of benzene rings is 1. The number of carboxylic acid groups (broad SMARTS) is 1. The molecule has 0 saturated heterocycles. The van der Waals surface area contributed by atoms with Crippen molar-refractivity contribution in [2.45, 2.75) is 45.4 Å². The lowest BCUT2D eigenvalue weighted by Gasteiger charge is -2.45. The fourth-order valence-corrected chi connectivity index (χ4v) is 4.68. The van der Waals surface area contributed by atoms with Crippen LogP contribution in [0.4, 0.5) is 10.5 Å². The number of nitrogens with zero attached hydrogens (tertiary/aromatic N) is 2. The average molecular weight is 453 g/mol. The van der Waals surface area contributed by atoms with Crippen LogP contribution >= 0.6 is 0 Å². The summed E-state index contributed by atoms with van der Waals surface area (Å²) in [6, 6.07) is 9.95. The molecule has 2 heterocycles. The molecule has 2 N–H and O–H groups in total. The molecule has 3 atom stereocenters. The van der Waals surface area contributed by atoms with Crippen molar-refractivity contribution >= 4 is 23.7 Å². The largest absolute Gasteiger partial charge is 0.479 e. The number of hydrogen-bond acceptors (Lipinski definition) is 6. The second-order valence-electron chi connectivity index (χ2n) is 8.52. The van der Waals surface area contributed by atoms with E-state index in [9.17, 15) is 19.5 Å². The first kappa shape index (κ1) is 22.6. The molecule has 174 valence electrons. The lowest BCUT2D eigenvalue weighted by atomic mass is 9.80. The minimum absolute atomic E-state index is 0.0436. The molecule has 9 nitrogen and oxygen atoms in total. The maximum atomic E-state index is 12.7. The standard InChI is InChI=1S/C24H27N3O6/c1-13-19(26-24(31)33-12-15-7-5-4-6-8-15)17-11-18(23(29)30)25-22(32-3)21(17)27(14(2)28)20(13)16-9-10-16/h4-8,11,13,16,19-20H,9-10,12H2,1-3H3,(H,26,31)(H,29,30). The first-order valence-corrected chi connectivity index (χ1v) is 10.9. The van der Waals surface area contributed by atoms with E-state index in [4.69, 9.17) is 9.47 Å². The molecule has 0 radical (unpaired) electrons. The number of ether oxygens (including phenoxy) is 2. The van der Waals surface area contributed by atoms with Gasteiger partial charge in [-0.1, -0.05) is 37.3 Å². The zero-order valence-corrected chi connectivity index (χ0v) is 18.8. The Morgan fingerprint density at radius 1 is 1.21 bits per heavy atom. The topological polar surface area (TPSA) is 118 Å². The summed E-state index contributed by atoms with van der Waals surface area (Å²) in [5, 5.41) is 12.5. The molecule has 1 fully saturated rings. The maximum absolute atomic E-state index is 12.7. The van der Waals surface area contributed by atoms with Crippen LogP contribution in [0.25, 0.3) is 0 Å². The Morgan fingerprint density at radius 3 is 2.48 bits per heavy atom. The number of carbonyl (C=O) groups is 3. The number of hydrogen-bond donors (Lipinski definition) is 2. The summed E-state index contributed by atoms with van der Waals surface area (Å²) in [5.41, 5.74) is 1.49. The molecular weight excluding hydrogens is 426 g/mol. The minimum atomic E-state index is -1.23. The van der Waals surface area contributed by atoms with Gasteiger partial charge in [0.1, 0.15) is 12.3 Å². The third-order valence-electron chi connectivity index (χ3n) is 6.27. The van der Waals surface area contributed by atoms with Crippen LogP contribution < -0.4 is 15.0 Å². The van der Waals surface area contributed by atoms with E-state index < -0.39 is 18.1 Å². The van der Waals surface area contributed by atoms with Gasteiger partial charge in [-0.15, -0.1) is 0 Å². The van der Waals surface area contributed by atoms with Gasteiger partial charge in [0, 0.05) is 24.4 Å². The van der Waals surface area contributed by atoms with Crippen molar-refractivity contribution in [3.63, 3.8) is 0 Å². The summed E-state index contributed by atoms with van der Waals surface area (Å²) in [6.07, 6.45) is 1.32. The highest BCUT2D eigenvalue weighted by molar-refractivity contribution is 5.97. The van der Waals surface area contributed by atoms with E-state index in [1.54, 1.807) is 4.90 Å². The number of carbonyl (C=O) groups excluding carboxylic acids is 2. The lowest BCUT2D eigenvalue weighted by molar-refractivity contribution is -0.117. The number of aromatic carboxylic acids is 1. The fraction of sp³-hybridized carbons (Fsp3) is 0.417. The number of amides is 2. The van der Waals surface area contributed by atoms with E-state index in [0.29, 0.717) is 11.3 Å². The molecule has 1 saturated carbocycles. The Morgan fingerprint density at radius 2 is 1.91 bits per heavy atom. The van der Waals surface area contributed by atoms with E-state index in [0.717, 1.165) is 18.4 Å². The highest BCUT2D eigenvalue weighted by Crippen LogP contribution is 2.51. The fourth-order valence-electron chi connectivity index (χ4n) is 4.68. The Kier molecular flexibility index (Phi) is 6.22. The van der Waals surface area contributed by atoms with Crippen LogP contribution in [-0.4, -0.2) is 41.2 Å². The molecule has 1 aliphatic heterocycles. The maximum Gasteiger partial charge on any atom is 0.407 e. The summed E-state index contributed by atoms with van der Waals surface area (Å²) in [7, 11) is 1.38. The van der Waals surface area contributed by atoms with Crippen LogP contribution in [-0.2, 0) is 16.1 Å². The van der Waals surface area contributed by atoms with Gasteiger partial charge in [0.05, 0.1) is 13.2 Å². The van der Waals surface area contributed by atoms with E-state index in [2.05, 4.69) is 10.3 Å². The van der Waals surface area contributed by atoms with Crippen LogP contribution in [0.15, 0.2) is 36.4 Å². The first-order valence-electron chi connectivity index (χ1n) is 10.9. The zero-order valence-electron chi connectivity index (χ0n) is 18.8. The number of anilines is 1. The number of nitrogens with one attached hydrogen (secondary N) is 1. The SMILES string of the molecule is COc1nc(C(=O)O)cc2c1N(C(C)=O)C(C1CC1)C(C)C2NC(=O)OCc1ccccc1. The lowest BCUT2D eigenvalue weighted by Crippen LogP contribution is -2.53. The van der Waals surface area contributed by atoms with Gasteiger partial charge in [-0.3, -0.25) is 4.79 Å². The number of pyridine rings is 1. The van der Waals surface area contributed by atoms with Gasteiger partial charge >= 0.3 is 12.1 Å². The predicted octanol–water partition coefficient (Wildman–Crippen LogP) is 3.54. The molecule has 2 amide bonds. The Hall–Kier alpha value is -3.62. The molecule has 4 rings (SSSR count).